The van der Waals surface area contributed by atoms with Gasteiger partial charge in [0.15, 0.2) is 6.10 Å². The average Bonchev–Trinajstić information content (AvgIpc) is 3.05. The molecule has 0 aromatic carbocycles. The van der Waals surface area contributed by atoms with Gasteiger partial charge in [-0.3, -0.25) is 14.1 Å². The molecule has 0 aliphatic carbocycles. The van der Waals surface area contributed by atoms with Crippen LogP contribution in [-0.4, -0.2) is 41.0 Å². The molecule has 0 aromatic heterocycles. The number of hydrogen-bond acceptors (Lipinski definition) is 6. The Hall–Kier alpha value is -1.21. The zero-order chi connectivity index (χ0) is 35.4. The molecule has 0 spiro atoms. The van der Waals surface area contributed by atoms with Crippen molar-refractivity contribution in [2.75, 3.05) is 13.2 Å². The minimum atomic E-state index is -4.75. The summed E-state index contributed by atoms with van der Waals surface area (Å²) in [6.45, 7) is 3.68. The van der Waals surface area contributed by atoms with Crippen molar-refractivity contribution in [2.24, 2.45) is 0 Å². The van der Waals surface area contributed by atoms with E-state index in [-0.39, 0.29) is 19.4 Å². The summed E-state index contributed by atoms with van der Waals surface area (Å²) in [5, 5.41) is 0. The van der Waals surface area contributed by atoms with Gasteiger partial charge in [-0.1, -0.05) is 167 Å². The number of carbonyl (C=O) groups is 2. The predicted octanol–water partition coefficient (Wildman–Crippen LogP) is 11.8. The third-order valence-electron chi connectivity index (χ3n) is 8.78. The predicted molar refractivity (Wildman–Crippen MR) is 198 cm³/mol. The lowest BCUT2D eigenvalue weighted by Gasteiger charge is -2.18. The fraction of sp³-hybridized carbons (Fsp3) is 0.897. The highest BCUT2D eigenvalue weighted by atomic mass is 31.2. The molecule has 0 rings (SSSR count). The Morgan fingerprint density at radius 3 is 1.31 bits per heavy atom. The number of ether oxygens (including phenoxy) is 2. The summed E-state index contributed by atoms with van der Waals surface area (Å²) < 4.78 is 26.3. The van der Waals surface area contributed by atoms with Gasteiger partial charge in [-0.25, -0.2) is 4.57 Å². The smallest absolute Gasteiger partial charge is 0.462 e. The fourth-order valence-electron chi connectivity index (χ4n) is 5.78. The van der Waals surface area contributed by atoms with Crippen LogP contribution in [-0.2, 0) is 28.2 Å². The van der Waals surface area contributed by atoms with Crippen LogP contribution in [0.1, 0.15) is 206 Å². The molecule has 0 saturated heterocycles. The van der Waals surface area contributed by atoms with Crippen LogP contribution in [0.4, 0.5) is 0 Å². The summed E-state index contributed by atoms with van der Waals surface area (Å²) in [5.74, 6) is -0.900. The van der Waals surface area contributed by atoms with E-state index in [4.69, 9.17) is 19.3 Å². The van der Waals surface area contributed by atoms with E-state index < -0.39 is 32.5 Å². The van der Waals surface area contributed by atoms with Gasteiger partial charge in [-0.2, -0.15) is 0 Å². The summed E-state index contributed by atoms with van der Waals surface area (Å²) in [4.78, 5) is 42.7. The van der Waals surface area contributed by atoms with Gasteiger partial charge in [0.25, 0.3) is 0 Å². The highest BCUT2D eigenvalue weighted by Crippen LogP contribution is 2.36. The monoisotopic (exact) mass is 703 g/mol. The Balaban J connectivity index is 3.94. The van der Waals surface area contributed by atoms with E-state index >= 15 is 0 Å². The maximum absolute atomic E-state index is 12.4. The lowest BCUT2D eigenvalue weighted by Crippen LogP contribution is -2.29. The molecule has 0 aliphatic heterocycles. The number of unbranched alkanes of at least 4 members (excludes halogenated alkanes) is 25. The Morgan fingerprint density at radius 1 is 0.521 bits per heavy atom. The molecule has 0 unspecified atom stereocenters. The van der Waals surface area contributed by atoms with Crippen molar-refractivity contribution in [1.29, 1.82) is 0 Å². The molecule has 0 saturated carbocycles. The summed E-state index contributed by atoms with van der Waals surface area (Å²) in [7, 11) is -4.75. The van der Waals surface area contributed by atoms with Crippen LogP contribution < -0.4 is 0 Å². The van der Waals surface area contributed by atoms with Crippen LogP contribution in [0.5, 0.6) is 0 Å². The molecule has 284 valence electrons. The first-order valence-electron chi connectivity index (χ1n) is 20.0. The molecule has 8 nitrogen and oxygen atoms in total. The normalized spacial score (nSPS) is 12.5. The topological polar surface area (TPSA) is 119 Å². The van der Waals surface area contributed by atoms with Gasteiger partial charge < -0.3 is 19.3 Å². The van der Waals surface area contributed by atoms with E-state index in [9.17, 15) is 14.2 Å². The SMILES string of the molecule is CCCCCCCCCCC/C=C/CCCCC(=O)O[C@H](COC(=O)CCCCCCCCCCCCCCCCC)COP(=O)(O)O. The highest BCUT2D eigenvalue weighted by Gasteiger charge is 2.22. The summed E-state index contributed by atoms with van der Waals surface area (Å²) >= 11 is 0. The van der Waals surface area contributed by atoms with Crippen molar-refractivity contribution in [1.82, 2.24) is 0 Å². The van der Waals surface area contributed by atoms with Crippen LogP contribution in [0.15, 0.2) is 12.2 Å². The molecule has 48 heavy (non-hydrogen) atoms. The van der Waals surface area contributed by atoms with Crippen LogP contribution in [0, 0.1) is 0 Å². The summed E-state index contributed by atoms with van der Waals surface area (Å²) in [6.07, 6.45) is 37.9. The fourth-order valence-corrected chi connectivity index (χ4v) is 6.14. The maximum atomic E-state index is 12.4. The number of allylic oxidation sites excluding steroid dienone is 2. The van der Waals surface area contributed by atoms with Crippen molar-refractivity contribution < 1.29 is 37.9 Å². The van der Waals surface area contributed by atoms with Crippen LogP contribution in [0.25, 0.3) is 0 Å². The van der Waals surface area contributed by atoms with E-state index in [1.807, 2.05) is 0 Å². The molecule has 1 atom stereocenters. The van der Waals surface area contributed by atoms with Gasteiger partial charge in [0, 0.05) is 12.8 Å². The minimum Gasteiger partial charge on any atom is -0.462 e. The van der Waals surface area contributed by atoms with E-state index in [1.165, 1.54) is 135 Å². The van der Waals surface area contributed by atoms with Gasteiger partial charge >= 0.3 is 19.8 Å². The Morgan fingerprint density at radius 2 is 0.875 bits per heavy atom. The Labute approximate surface area is 295 Å². The number of rotatable bonds is 37. The lowest BCUT2D eigenvalue weighted by atomic mass is 10.0. The number of phosphoric ester groups is 1. The molecule has 0 aliphatic rings. The second-order valence-corrected chi connectivity index (χ2v) is 14.9. The standard InChI is InChI=1S/C39H75O8P/c1-3-5-7-9-11-13-15-17-19-21-23-25-27-29-31-33-38(40)45-35-37(36-46-48(42,43)44)47-39(41)34-32-30-28-26-24-22-20-18-16-14-12-10-8-6-4-2/h24,26,37H,3-23,25,27-36H2,1-2H3,(H2,42,43,44)/b26-24+/t37-/m1/s1. The molecule has 0 radical (unpaired) electrons. The number of carbonyl (C=O) groups excluding carboxylic acids is 2. The van der Waals surface area contributed by atoms with E-state index in [0.717, 1.165) is 38.5 Å². The molecule has 0 aromatic rings. The van der Waals surface area contributed by atoms with Crippen molar-refractivity contribution in [3.63, 3.8) is 0 Å². The third kappa shape index (κ3) is 37.6. The molecule has 0 amide bonds. The molecule has 9 heteroatoms. The Kier molecular flexibility index (Phi) is 34.7. The van der Waals surface area contributed by atoms with E-state index in [2.05, 4.69) is 30.5 Å². The molecule has 0 heterocycles. The van der Waals surface area contributed by atoms with Crippen molar-refractivity contribution in [3.8, 4) is 0 Å². The van der Waals surface area contributed by atoms with Gasteiger partial charge in [0.05, 0.1) is 6.61 Å². The minimum absolute atomic E-state index is 0.186. The summed E-state index contributed by atoms with van der Waals surface area (Å²) in [5.41, 5.74) is 0. The maximum Gasteiger partial charge on any atom is 0.469 e. The van der Waals surface area contributed by atoms with Gasteiger partial charge in [-0.05, 0) is 38.5 Å². The van der Waals surface area contributed by atoms with Crippen LogP contribution >= 0.6 is 7.82 Å². The van der Waals surface area contributed by atoms with Crippen LogP contribution in [0.2, 0.25) is 0 Å². The highest BCUT2D eigenvalue weighted by molar-refractivity contribution is 7.46. The first-order valence-corrected chi connectivity index (χ1v) is 21.5. The van der Waals surface area contributed by atoms with E-state index in [0.29, 0.717) is 6.42 Å². The van der Waals surface area contributed by atoms with Gasteiger partial charge in [0.1, 0.15) is 6.61 Å². The number of phosphoric acid groups is 1. The average molecular weight is 703 g/mol. The second-order valence-electron chi connectivity index (χ2n) is 13.6. The zero-order valence-electron chi connectivity index (χ0n) is 31.2. The molecule has 0 fully saturated rings. The molecular weight excluding hydrogens is 627 g/mol. The number of hydrogen-bond donors (Lipinski definition) is 2. The van der Waals surface area contributed by atoms with Gasteiger partial charge in [0.2, 0.25) is 0 Å². The van der Waals surface area contributed by atoms with Crippen LogP contribution in [0.3, 0.4) is 0 Å². The number of esters is 2. The summed E-state index contributed by atoms with van der Waals surface area (Å²) in [6, 6.07) is 0. The zero-order valence-corrected chi connectivity index (χ0v) is 32.0. The molecule has 2 N–H and O–H groups in total. The van der Waals surface area contributed by atoms with Crippen molar-refractivity contribution >= 4 is 19.8 Å². The van der Waals surface area contributed by atoms with E-state index in [1.54, 1.807) is 0 Å². The van der Waals surface area contributed by atoms with Gasteiger partial charge in [-0.15, -0.1) is 0 Å². The second kappa shape index (κ2) is 35.6. The third-order valence-corrected chi connectivity index (χ3v) is 9.27. The first-order chi connectivity index (χ1) is 23.3. The Bertz CT molecular complexity index is 797. The largest absolute Gasteiger partial charge is 0.469 e. The quantitative estimate of drug-likeness (QED) is 0.0284. The van der Waals surface area contributed by atoms with Crippen molar-refractivity contribution in [2.45, 2.75) is 213 Å². The lowest BCUT2D eigenvalue weighted by molar-refractivity contribution is -0.161. The molecule has 0 bridgehead atoms. The van der Waals surface area contributed by atoms with Crippen molar-refractivity contribution in [3.05, 3.63) is 12.2 Å². The molecular formula is C39H75O8P. The first kappa shape index (κ1) is 46.8.